The number of carbonyl (C=O) groups is 2. The van der Waals surface area contributed by atoms with Gasteiger partial charge in [0.25, 0.3) is 0 Å². The van der Waals surface area contributed by atoms with Crippen LogP contribution in [0.5, 0.6) is 0 Å². The fourth-order valence-electron chi connectivity index (χ4n) is 1.60. The summed E-state index contributed by atoms with van der Waals surface area (Å²) >= 11 is 3.31. The Morgan fingerprint density at radius 2 is 2.00 bits per heavy atom. The smallest absolute Gasteiger partial charge is 0.356 e. The zero-order chi connectivity index (χ0) is 15.2. The molecule has 2 rings (SSSR count). The molecule has 3 N–H and O–H groups in total. The van der Waals surface area contributed by atoms with Crippen molar-refractivity contribution in [3.63, 3.8) is 0 Å². The van der Waals surface area contributed by atoms with Gasteiger partial charge in [0.1, 0.15) is 0 Å². The number of imidazole rings is 1. The van der Waals surface area contributed by atoms with E-state index in [-0.39, 0.29) is 11.7 Å². The molecule has 0 bridgehead atoms. The van der Waals surface area contributed by atoms with Crippen molar-refractivity contribution in [2.24, 2.45) is 0 Å². The molecule has 0 saturated heterocycles. The molecule has 0 atom stereocenters. The molecule has 8 heteroatoms. The quantitative estimate of drug-likeness (QED) is 0.768. The van der Waals surface area contributed by atoms with Gasteiger partial charge >= 0.3 is 12.0 Å². The van der Waals surface area contributed by atoms with Crippen molar-refractivity contribution in [3.8, 4) is 0 Å². The lowest BCUT2D eigenvalue weighted by Crippen LogP contribution is -2.31. The summed E-state index contributed by atoms with van der Waals surface area (Å²) in [6.07, 6.45) is 2.83. The molecule has 110 valence electrons. The third-order valence-corrected chi connectivity index (χ3v) is 3.14. The molecule has 1 heterocycles. The minimum atomic E-state index is -1.07. The predicted octanol–water partition coefficient (Wildman–Crippen LogP) is 2.17. The van der Waals surface area contributed by atoms with E-state index in [1.807, 2.05) is 12.1 Å². The number of carboxylic acid groups (broad SMARTS) is 1. The van der Waals surface area contributed by atoms with E-state index in [1.165, 1.54) is 12.5 Å². The van der Waals surface area contributed by atoms with Gasteiger partial charge in [0.15, 0.2) is 5.69 Å². The van der Waals surface area contributed by atoms with E-state index in [0.29, 0.717) is 18.8 Å². The Hall–Kier alpha value is -2.35. The fourth-order valence-corrected chi connectivity index (χ4v) is 1.86. The van der Waals surface area contributed by atoms with Crippen LogP contribution in [0.4, 0.5) is 10.5 Å². The molecule has 0 aliphatic carbocycles. The number of nitrogens with one attached hydrogen (secondary N) is 2. The molecule has 7 nitrogen and oxygen atoms in total. The lowest BCUT2D eigenvalue weighted by Gasteiger charge is -2.08. The first-order valence-corrected chi connectivity index (χ1v) is 6.89. The summed E-state index contributed by atoms with van der Waals surface area (Å²) in [7, 11) is 0. The van der Waals surface area contributed by atoms with E-state index in [2.05, 4.69) is 31.5 Å². The lowest BCUT2D eigenvalue weighted by molar-refractivity contribution is 0.0691. The third-order valence-electron chi connectivity index (χ3n) is 2.61. The van der Waals surface area contributed by atoms with Crippen molar-refractivity contribution in [2.45, 2.75) is 6.54 Å². The molecule has 2 aromatic rings. The Kier molecular flexibility index (Phi) is 4.94. The minimum Gasteiger partial charge on any atom is -0.476 e. The van der Waals surface area contributed by atoms with Crippen molar-refractivity contribution in [1.82, 2.24) is 14.9 Å². The van der Waals surface area contributed by atoms with E-state index in [0.717, 1.165) is 4.47 Å². The molecule has 0 saturated carbocycles. The third kappa shape index (κ3) is 4.60. The number of carboxylic acids is 1. The van der Waals surface area contributed by atoms with Crippen LogP contribution >= 0.6 is 15.9 Å². The lowest BCUT2D eigenvalue weighted by atomic mass is 10.3. The molecule has 0 spiro atoms. The highest BCUT2D eigenvalue weighted by atomic mass is 79.9. The van der Waals surface area contributed by atoms with Crippen LogP contribution in [0.25, 0.3) is 0 Å². The molecule has 21 heavy (non-hydrogen) atoms. The number of urea groups is 1. The number of hydrogen-bond acceptors (Lipinski definition) is 3. The molecule has 0 radical (unpaired) electrons. The number of carbonyl (C=O) groups excluding carboxylic acids is 1. The second-order valence-corrected chi connectivity index (χ2v) is 5.11. The van der Waals surface area contributed by atoms with Crippen molar-refractivity contribution in [2.75, 3.05) is 11.9 Å². The van der Waals surface area contributed by atoms with Crippen LogP contribution in [-0.4, -0.2) is 33.2 Å². The summed E-state index contributed by atoms with van der Waals surface area (Å²) in [5, 5.41) is 14.1. The SMILES string of the molecule is O=C(NCCn1cnc(C(=O)O)c1)Nc1ccc(Br)cc1. The highest BCUT2D eigenvalue weighted by Crippen LogP contribution is 2.13. The van der Waals surface area contributed by atoms with E-state index in [4.69, 9.17) is 5.11 Å². The summed E-state index contributed by atoms with van der Waals surface area (Å²) in [6.45, 7) is 0.797. The van der Waals surface area contributed by atoms with Crippen LogP contribution in [0.15, 0.2) is 41.3 Å². The topological polar surface area (TPSA) is 96.2 Å². The van der Waals surface area contributed by atoms with Gasteiger partial charge in [-0.1, -0.05) is 15.9 Å². The average molecular weight is 353 g/mol. The largest absolute Gasteiger partial charge is 0.476 e. The van der Waals surface area contributed by atoms with Gasteiger partial charge in [0, 0.05) is 29.4 Å². The molecule has 2 amide bonds. The summed E-state index contributed by atoms with van der Waals surface area (Å²) in [5.74, 6) is -1.07. The zero-order valence-corrected chi connectivity index (χ0v) is 12.5. The van der Waals surface area contributed by atoms with Crippen LogP contribution in [-0.2, 0) is 6.54 Å². The van der Waals surface area contributed by atoms with E-state index in [9.17, 15) is 9.59 Å². The van der Waals surface area contributed by atoms with Crippen LogP contribution in [0, 0.1) is 0 Å². The molecule has 0 aliphatic rings. The van der Waals surface area contributed by atoms with Gasteiger partial charge in [-0.2, -0.15) is 0 Å². The Morgan fingerprint density at radius 3 is 2.62 bits per heavy atom. The predicted molar refractivity (Wildman–Crippen MR) is 80.3 cm³/mol. The molecular formula is C13H13BrN4O3. The minimum absolute atomic E-state index is 0.0192. The second kappa shape index (κ2) is 6.89. The maximum Gasteiger partial charge on any atom is 0.356 e. The summed E-state index contributed by atoms with van der Waals surface area (Å²) in [6, 6.07) is 6.89. The van der Waals surface area contributed by atoms with E-state index < -0.39 is 5.97 Å². The van der Waals surface area contributed by atoms with Crippen molar-refractivity contribution >= 4 is 33.6 Å². The van der Waals surface area contributed by atoms with Crippen LogP contribution in [0.2, 0.25) is 0 Å². The van der Waals surface area contributed by atoms with Gasteiger partial charge in [-0.05, 0) is 24.3 Å². The maximum absolute atomic E-state index is 11.6. The van der Waals surface area contributed by atoms with Gasteiger partial charge < -0.3 is 20.3 Å². The monoisotopic (exact) mass is 352 g/mol. The van der Waals surface area contributed by atoms with Gasteiger partial charge in [-0.15, -0.1) is 0 Å². The van der Waals surface area contributed by atoms with Crippen molar-refractivity contribution < 1.29 is 14.7 Å². The first-order chi connectivity index (χ1) is 10.0. The number of amides is 2. The standard InChI is InChI=1S/C13H13BrN4O3/c14-9-1-3-10(4-2-9)17-13(21)15-5-6-18-7-11(12(19)20)16-8-18/h1-4,7-8H,5-6H2,(H,19,20)(H2,15,17,21). The van der Waals surface area contributed by atoms with Gasteiger partial charge in [-0.3, -0.25) is 0 Å². The zero-order valence-electron chi connectivity index (χ0n) is 10.9. The molecular weight excluding hydrogens is 340 g/mol. The number of benzene rings is 1. The summed E-state index contributed by atoms with van der Waals surface area (Å²) in [4.78, 5) is 26.0. The number of aromatic carboxylic acids is 1. The van der Waals surface area contributed by atoms with E-state index >= 15 is 0 Å². The normalized spacial score (nSPS) is 10.1. The number of hydrogen-bond donors (Lipinski definition) is 3. The molecule has 0 unspecified atom stereocenters. The second-order valence-electron chi connectivity index (χ2n) is 4.19. The maximum atomic E-state index is 11.6. The Balaban J connectivity index is 1.76. The van der Waals surface area contributed by atoms with Crippen molar-refractivity contribution in [3.05, 3.63) is 47.0 Å². The Morgan fingerprint density at radius 1 is 1.29 bits per heavy atom. The van der Waals surface area contributed by atoms with Gasteiger partial charge in [-0.25, -0.2) is 14.6 Å². The number of nitrogens with zero attached hydrogens (tertiary/aromatic N) is 2. The summed E-state index contributed by atoms with van der Waals surface area (Å²) in [5.41, 5.74) is 0.667. The van der Waals surface area contributed by atoms with E-state index in [1.54, 1.807) is 16.7 Å². The number of halogens is 1. The van der Waals surface area contributed by atoms with Crippen molar-refractivity contribution in [1.29, 1.82) is 0 Å². The number of aromatic nitrogens is 2. The van der Waals surface area contributed by atoms with Crippen LogP contribution in [0.1, 0.15) is 10.5 Å². The Bertz CT molecular complexity index is 639. The molecule has 1 aromatic carbocycles. The van der Waals surface area contributed by atoms with Crippen LogP contribution in [0.3, 0.4) is 0 Å². The first kappa shape index (κ1) is 15.0. The fraction of sp³-hybridized carbons (Fsp3) is 0.154. The number of rotatable bonds is 5. The van der Waals surface area contributed by atoms with Crippen LogP contribution < -0.4 is 10.6 Å². The first-order valence-electron chi connectivity index (χ1n) is 6.10. The Labute approximate surface area is 129 Å². The summed E-state index contributed by atoms with van der Waals surface area (Å²) < 4.78 is 2.53. The average Bonchev–Trinajstić information content (AvgIpc) is 2.90. The van der Waals surface area contributed by atoms with Gasteiger partial charge in [0.05, 0.1) is 6.33 Å². The van der Waals surface area contributed by atoms with Gasteiger partial charge in [0.2, 0.25) is 0 Å². The molecule has 0 fully saturated rings. The molecule has 0 aliphatic heterocycles. The molecule has 1 aromatic heterocycles. The highest BCUT2D eigenvalue weighted by molar-refractivity contribution is 9.10. The highest BCUT2D eigenvalue weighted by Gasteiger charge is 2.06. The number of anilines is 1.